The van der Waals surface area contributed by atoms with E-state index in [1.165, 1.54) is 0 Å². The number of amides is 1. The van der Waals surface area contributed by atoms with Crippen molar-refractivity contribution < 1.29 is 9.53 Å². The minimum absolute atomic E-state index is 0. The van der Waals surface area contributed by atoms with Crippen molar-refractivity contribution in [3.63, 3.8) is 0 Å². The van der Waals surface area contributed by atoms with E-state index >= 15 is 0 Å². The number of aromatic amines is 1. The first-order valence-corrected chi connectivity index (χ1v) is 9.53. The quantitative estimate of drug-likeness (QED) is 0.817. The van der Waals surface area contributed by atoms with Gasteiger partial charge in [-0.25, -0.2) is 0 Å². The van der Waals surface area contributed by atoms with Gasteiger partial charge in [-0.15, -0.1) is 12.4 Å². The predicted molar refractivity (Wildman–Crippen MR) is 102 cm³/mol. The molecular formula is C19H28ClN3O3. The molecule has 26 heavy (non-hydrogen) atoms. The van der Waals surface area contributed by atoms with Crippen LogP contribution < -0.4 is 10.9 Å². The second-order valence-electron chi connectivity index (χ2n) is 7.57. The van der Waals surface area contributed by atoms with Gasteiger partial charge in [-0.3, -0.25) is 9.59 Å². The average Bonchev–Trinajstić information content (AvgIpc) is 2.67. The zero-order valence-corrected chi connectivity index (χ0v) is 15.8. The SMILES string of the molecule is Cl.O=C([C@H]1CC[C@H]2OCCN[C@@H]2C1)N1CCC(c2cc[nH]c(=O)c2)CC1. The molecule has 2 N–H and O–H groups in total. The number of rotatable bonds is 2. The number of morpholine rings is 1. The summed E-state index contributed by atoms with van der Waals surface area (Å²) in [5.74, 6) is 0.831. The fourth-order valence-corrected chi connectivity index (χ4v) is 4.64. The standard InChI is InChI=1S/C19H27N3O3.ClH/c23-18-12-14(3-6-21-18)13-4-8-22(9-5-13)19(24)15-1-2-17-16(11-15)20-7-10-25-17;/h3,6,12-13,15-17,20H,1-2,4-5,7-11H2,(H,21,23);1H/t15-,16+,17+;/m0./s1. The molecule has 0 aromatic carbocycles. The van der Waals surface area contributed by atoms with Crippen LogP contribution in [-0.4, -0.2) is 54.2 Å². The third kappa shape index (κ3) is 4.13. The lowest BCUT2D eigenvalue weighted by atomic mass is 9.81. The topological polar surface area (TPSA) is 74.4 Å². The highest BCUT2D eigenvalue weighted by Crippen LogP contribution is 2.32. The van der Waals surface area contributed by atoms with Gasteiger partial charge in [0.25, 0.3) is 0 Å². The number of H-pyrrole nitrogens is 1. The molecule has 0 unspecified atom stereocenters. The van der Waals surface area contributed by atoms with E-state index in [2.05, 4.69) is 10.3 Å². The van der Waals surface area contributed by atoms with Gasteiger partial charge < -0.3 is 19.9 Å². The van der Waals surface area contributed by atoms with Gasteiger partial charge in [-0.05, 0) is 49.7 Å². The Morgan fingerprint density at radius 1 is 1.19 bits per heavy atom. The highest BCUT2D eigenvalue weighted by Gasteiger charge is 2.38. The third-order valence-electron chi connectivity index (χ3n) is 6.05. The zero-order chi connectivity index (χ0) is 17.2. The van der Waals surface area contributed by atoms with Crippen LogP contribution in [0.25, 0.3) is 0 Å². The summed E-state index contributed by atoms with van der Waals surface area (Å²) >= 11 is 0. The Morgan fingerprint density at radius 3 is 2.77 bits per heavy atom. The molecule has 1 saturated carbocycles. The van der Waals surface area contributed by atoms with Crippen LogP contribution in [-0.2, 0) is 9.53 Å². The van der Waals surface area contributed by atoms with E-state index in [1.54, 1.807) is 12.3 Å². The molecule has 7 heteroatoms. The van der Waals surface area contributed by atoms with Gasteiger partial charge in [-0.1, -0.05) is 0 Å². The summed E-state index contributed by atoms with van der Waals surface area (Å²) < 4.78 is 5.81. The van der Waals surface area contributed by atoms with Gasteiger partial charge in [0, 0.05) is 43.9 Å². The summed E-state index contributed by atoms with van der Waals surface area (Å²) in [6.07, 6.45) is 6.71. The van der Waals surface area contributed by atoms with Crippen LogP contribution in [0.15, 0.2) is 23.1 Å². The summed E-state index contributed by atoms with van der Waals surface area (Å²) in [6, 6.07) is 4.02. The lowest BCUT2D eigenvalue weighted by Gasteiger charge is -2.41. The highest BCUT2D eigenvalue weighted by atomic mass is 35.5. The minimum Gasteiger partial charge on any atom is -0.375 e. The maximum absolute atomic E-state index is 12.9. The molecule has 0 spiro atoms. The first-order valence-electron chi connectivity index (χ1n) is 9.53. The number of aromatic nitrogens is 1. The summed E-state index contributed by atoms with van der Waals surface area (Å²) in [4.78, 5) is 29.1. The second-order valence-corrected chi connectivity index (χ2v) is 7.57. The van der Waals surface area contributed by atoms with E-state index in [0.29, 0.717) is 24.0 Å². The van der Waals surface area contributed by atoms with Gasteiger partial charge in [0.05, 0.1) is 12.7 Å². The Morgan fingerprint density at radius 2 is 2.00 bits per heavy atom. The van der Waals surface area contributed by atoms with E-state index < -0.39 is 0 Å². The Balaban J connectivity index is 0.00000196. The van der Waals surface area contributed by atoms with Gasteiger partial charge in [0.2, 0.25) is 11.5 Å². The number of halogens is 1. The van der Waals surface area contributed by atoms with Crippen LogP contribution in [0, 0.1) is 5.92 Å². The molecule has 2 saturated heterocycles. The van der Waals surface area contributed by atoms with Crippen LogP contribution in [0.1, 0.15) is 43.6 Å². The van der Waals surface area contributed by atoms with Crippen LogP contribution in [0.5, 0.6) is 0 Å². The minimum atomic E-state index is -0.0463. The van der Waals surface area contributed by atoms with Crippen LogP contribution >= 0.6 is 12.4 Å². The Labute approximate surface area is 160 Å². The second kappa shape index (κ2) is 8.55. The third-order valence-corrected chi connectivity index (χ3v) is 6.05. The maximum atomic E-state index is 12.9. The number of piperidine rings is 1. The van der Waals surface area contributed by atoms with Gasteiger partial charge in [-0.2, -0.15) is 0 Å². The first kappa shape index (κ1) is 19.4. The van der Waals surface area contributed by atoms with E-state index in [9.17, 15) is 9.59 Å². The number of likely N-dealkylation sites (tertiary alicyclic amines) is 1. The monoisotopic (exact) mass is 381 g/mol. The summed E-state index contributed by atoms with van der Waals surface area (Å²) in [5, 5.41) is 3.51. The Hall–Kier alpha value is -1.37. The number of fused-ring (bicyclic) bond motifs is 1. The molecule has 3 atom stereocenters. The number of hydrogen-bond acceptors (Lipinski definition) is 4. The predicted octanol–water partition coefficient (Wildman–Crippen LogP) is 1.66. The summed E-state index contributed by atoms with van der Waals surface area (Å²) in [5.41, 5.74) is 1.05. The maximum Gasteiger partial charge on any atom is 0.248 e. The number of carbonyl (C=O) groups excluding carboxylic acids is 1. The molecule has 1 aromatic heterocycles. The van der Waals surface area contributed by atoms with E-state index in [1.807, 2.05) is 11.0 Å². The van der Waals surface area contributed by atoms with Crippen LogP contribution in [0.2, 0.25) is 0 Å². The zero-order valence-electron chi connectivity index (χ0n) is 15.0. The largest absolute Gasteiger partial charge is 0.375 e. The average molecular weight is 382 g/mol. The van der Waals surface area contributed by atoms with Crippen molar-refractivity contribution in [3.8, 4) is 0 Å². The van der Waals surface area contributed by atoms with Gasteiger partial charge >= 0.3 is 0 Å². The van der Waals surface area contributed by atoms with Gasteiger partial charge in [0.1, 0.15) is 0 Å². The van der Waals surface area contributed by atoms with Gasteiger partial charge in [0.15, 0.2) is 0 Å². The van der Waals surface area contributed by atoms with Crippen molar-refractivity contribution in [1.29, 1.82) is 0 Å². The van der Waals surface area contributed by atoms with Crippen molar-refractivity contribution in [3.05, 3.63) is 34.2 Å². The van der Waals surface area contributed by atoms with Crippen molar-refractivity contribution in [2.75, 3.05) is 26.2 Å². The summed E-state index contributed by atoms with van der Waals surface area (Å²) in [6.45, 7) is 3.27. The molecule has 1 amide bonds. The van der Waals surface area contributed by atoms with Crippen molar-refractivity contribution >= 4 is 18.3 Å². The van der Waals surface area contributed by atoms with E-state index in [4.69, 9.17) is 4.74 Å². The number of nitrogens with zero attached hydrogens (tertiary/aromatic N) is 1. The van der Waals surface area contributed by atoms with Crippen molar-refractivity contribution in [2.24, 2.45) is 5.92 Å². The molecule has 1 aromatic rings. The fraction of sp³-hybridized carbons (Fsp3) is 0.684. The first-order chi connectivity index (χ1) is 12.2. The highest BCUT2D eigenvalue weighted by molar-refractivity contribution is 5.85. The molecule has 6 nitrogen and oxygen atoms in total. The smallest absolute Gasteiger partial charge is 0.248 e. The van der Waals surface area contributed by atoms with E-state index in [0.717, 1.165) is 63.9 Å². The molecule has 3 heterocycles. The number of carbonyl (C=O) groups is 1. The number of hydrogen-bond donors (Lipinski definition) is 2. The van der Waals surface area contributed by atoms with Crippen LogP contribution in [0.4, 0.5) is 0 Å². The molecule has 4 rings (SSSR count). The lowest BCUT2D eigenvalue weighted by Crippen LogP contribution is -2.53. The molecule has 3 fully saturated rings. The Bertz CT molecular complexity index is 672. The molecule has 3 aliphatic rings. The number of pyridine rings is 1. The molecule has 144 valence electrons. The lowest BCUT2D eigenvalue weighted by molar-refractivity contribution is -0.140. The fourth-order valence-electron chi connectivity index (χ4n) is 4.64. The van der Waals surface area contributed by atoms with E-state index in [-0.39, 0.29) is 23.9 Å². The molecule has 1 aliphatic carbocycles. The normalized spacial score (nSPS) is 29.5. The van der Waals surface area contributed by atoms with Crippen LogP contribution in [0.3, 0.4) is 0 Å². The number of ether oxygens (including phenoxy) is 1. The molecule has 0 radical (unpaired) electrons. The number of nitrogens with one attached hydrogen (secondary N) is 2. The molecular weight excluding hydrogens is 354 g/mol. The molecule has 0 bridgehead atoms. The van der Waals surface area contributed by atoms with Crippen molar-refractivity contribution in [2.45, 2.75) is 50.2 Å². The summed E-state index contributed by atoms with van der Waals surface area (Å²) in [7, 11) is 0. The van der Waals surface area contributed by atoms with Crippen molar-refractivity contribution in [1.82, 2.24) is 15.2 Å². The Kier molecular flexibility index (Phi) is 6.37. The molecule has 2 aliphatic heterocycles.